The van der Waals surface area contributed by atoms with Gasteiger partial charge in [0.2, 0.25) is 0 Å². The fourth-order valence-electron chi connectivity index (χ4n) is 5.90. The summed E-state index contributed by atoms with van der Waals surface area (Å²) in [6, 6.07) is 45.5. The lowest BCUT2D eigenvalue weighted by Crippen LogP contribution is -1.93. The highest BCUT2D eigenvalue weighted by Gasteiger charge is 2.19. The standard InChI is InChI=1S/C37H21NO2/c38-22-32-29(23-9-2-1-3-10-23)20-25(26-13-8-16-36-37(26)28-12-5-7-15-34(28)40-36)21-30(32)24-17-18-35-31(19-24)27-11-4-6-14-33(27)39-35/h1-21H. The van der Waals surface area contributed by atoms with Gasteiger partial charge < -0.3 is 8.83 Å². The summed E-state index contributed by atoms with van der Waals surface area (Å²) in [5, 5.41) is 14.8. The van der Waals surface area contributed by atoms with Gasteiger partial charge in [0.15, 0.2) is 0 Å². The minimum absolute atomic E-state index is 0.645. The largest absolute Gasteiger partial charge is 0.456 e. The Labute approximate surface area is 230 Å². The molecular formula is C37H21NO2. The zero-order valence-corrected chi connectivity index (χ0v) is 21.4. The Morgan fingerprint density at radius 2 is 1.05 bits per heavy atom. The molecule has 0 amide bonds. The molecule has 0 aliphatic heterocycles. The third-order valence-electron chi connectivity index (χ3n) is 7.74. The van der Waals surface area contributed by atoms with E-state index in [2.05, 4.69) is 54.6 Å². The first kappa shape index (κ1) is 22.4. The van der Waals surface area contributed by atoms with Gasteiger partial charge in [-0.05, 0) is 64.7 Å². The zero-order chi connectivity index (χ0) is 26.6. The Morgan fingerprint density at radius 3 is 1.85 bits per heavy atom. The van der Waals surface area contributed by atoms with Crippen molar-refractivity contribution in [3.05, 3.63) is 133 Å². The minimum atomic E-state index is 0.645. The molecule has 2 heterocycles. The lowest BCUT2D eigenvalue weighted by atomic mass is 9.87. The molecule has 0 aliphatic carbocycles. The van der Waals surface area contributed by atoms with Crippen molar-refractivity contribution in [2.75, 3.05) is 0 Å². The number of nitrogens with zero attached hydrogens (tertiary/aromatic N) is 1. The maximum atomic E-state index is 10.5. The van der Waals surface area contributed by atoms with E-state index in [0.717, 1.165) is 77.3 Å². The molecule has 0 aliphatic rings. The van der Waals surface area contributed by atoms with Crippen molar-refractivity contribution in [3.8, 4) is 39.4 Å². The summed E-state index contributed by atoms with van der Waals surface area (Å²) in [6.45, 7) is 0. The van der Waals surface area contributed by atoms with Crippen LogP contribution in [0.3, 0.4) is 0 Å². The van der Waals surface area contributed by atoms with Crippen LogP contribution in [0.25, 0.3) is 77.3 Å². The van der Waals surface area contributed by atoms with Crippen LogP contribution in [0.4, 0.5) is 0 Å². The van der Waals surface area contributed by atoms with Crippen LogP contribution in [0.2, 0.25) is 0 Å². The molecular weight excluding hydrogens is 490 g/mol. The third-order valence-corrected chi connectivity index (χ3v) is 7.74. The molecule has 0 saturated heterocycles. The molecule has 0 spiro atoms. The SMILES string of the molecule is N#Cc1c(-c2ccccc2)cc(-c2cccc3oc4ccccc4c23)cc1-c1ccc2oc3ccccc3c2c1. The smallest absolute Gasteiger partial charge is 0.136 e. The second-order valence-corrected chi connectivity index (χ2v) is 10.0. The van der Waals surface area contributed by atoms with Gasteiger partial charge in [0.05, 0.1) is 5.56 Å². The summed E-state index contributed by atoms with van der Waals surface area (Å²) in [7, 11) is 0. The van der Waals surface area contributed by atoms with Crippen molar-refractivity contribution in [2.45, 2.75) is 0 Å². The van der Waals surface area contributed by atoms with Gasteiger partial charge in [-0.25, -0.2) is 0 Å². The molecule has 40 heavy (non-hydrogen) atoms. The molecule has 2 aromatic heterocycles. The van der Waals surface area contributed by atoms with Gasteiger partial charge in [-0.2, -0.15) is 5.26 Å². The van der Waals surface area contributed by atoms with Crippen LogP contribution in [0.1, 0.15) is 5.56 Å². The van der Waals surface area contributed by atoms with Gasteiger partial charge in [-0.15, -0.1) is 0 Å². The van der Waals surface area contributed by atoms with E-state index in [-0.39, 0.29) is 0 Å². The summed E-state index contributed by atoms with van der Waals surface area (Å²) in [4.78, 5) is 0. The molecule has 186 valence electrons. The summed E-state index contributed by atoms with van der Waals surface area (Å²) in [5.74, 6) is 0. The van der Waals surface area contributed by atoms with Gasteiger partial charge in [-0.3, -0.25) is 0 Å². The average Bonchev–Trinajstić information content (AvgIpc) is 3.59. The zero-order valence-electron chi connectivity index (χ0n) is 21.4. The molecule has 0 radical (unpaired) electrons. The number of furan rings is 2. The number of hydrogen-bond acceptors (Lipinski definition) is 3. The second kappa shape index (κ2) is 8.73. The first-order chi connectivity index (χ1) is 19.8. The fraction of sp³-hybridized carbons (Fsp3) is 0. The normalized spacial score (nSPS) is 11.5. The van der Waals surface area contributed by atoms with Gasteiger partial charge in [0.1, 0.15) is 28.4 Å². The van der Waals surface area contributed by atoms with Gasteiger partial charge in [0, 0.05) is 32.7 Å². The topological polar surface area (TPSA) is 50.1 Å². The van der Waals surface area contributed by atoms with Gasteiger partial charge in [0.25, 0.3) is 0 Å². The molecule has 0 N–H and O–H groups in total. The maximum Gasteiger partial charge on any atom is 0.136 e. The summed E-state index contributed by atoms with van der Waals surface area (Å²) < 4.78 is 12.3. The third kappa shape index (κ3) is 3.37. The molecule has 0 bridgehead atoms. The highest BCUT2D eigenvalue weighted by molar-refractivity contribution is 6.13. The quantitative estimate of drug-likeness (QED) is 0.237. The molecule has 0 saturated carbocycles. The Bertz CT molecular complexity index is 2280. The lowest BCUT2D eigenvalue weighted by molar-refractivity contribution is 0.668. The van der Waals surface area contributed by atoms with Crippen molar-refractivity contribution in [3.63, 3.8) is 0 Å². The van der Waals surface area contributed by atoms with Crippen molar-refractivity contribution in [1.29, 1.82) is 5.26 Å². The number of rotatable bonds is 3. The van der Waals surface area contributed by atoms with E-state index >= 15 is 0 Å². The first-order valence-corrected chi connectivity index (χ1v) is 13.2. The van der Waals surface area contributed by atoms with Gasteiger partial charge in [-0.1, -0.05) is 84.9 Å². The second-order valence-electron chi connectivity index (χ2n) is 10.0. The van der Waals surface area contributed by atoms with Crippen molar-refractivity contribution >= 4 is 43.9 Å². The molecule has 6 aromatic carbocycles. The Hall–Kier alpha value is -5.59. The van der Waals surface area contributed by atoms with E-state index in [1.807, 2.05) is 78.9 Å². The van der Waals surface area contributed by atoms with Crippen LogP contribution in [0.15, 0.2) is 136 Å². The van der Waals surface area contributed by atoms with Crippen molar-refractivity contribution in [1.82, 2.24) is 0 Å². The monoisotopic (exact) mass is 511 g/mol. The molecule has 8 aromatic rings. The first-order valence-electron chi connectivity index (χ1n) is 13.2. The molecule has 0 unspecified atom stereocenters. The minimum Gasteiger partial charge on any atom is -0.456 e. The lowest BCUT2D eigenvalue weighted by Gasteiger charge is -2.15. The van der Waals surface area contributed by atoms with Crippen molar-refractivity contribution < 1.29 is 8.83 Å². The number of fused-ring (bicyclic) bond motifs is 6. The number of nitriles is 1. The van der Waals surface area contributed by atoms with Crippen LogP contribution in [0.5, 0.6) is 0 Å². The van der Waals surface area contributed by atoms with Crippen LogP contribution in [-0.2, 0) is 0 Å². The van der Waals surface area contributed by atoms with Crippen LogP contribution in [0, 0.1) is 11.3 Å². The number of benzene rings is 6. The summed E-state index contributed by atoms with van der Waals surface area (Å²) in [5.41, 5.74) is 9.89. The predicted molar refractivity (Wildman–Crippen MR) is 162 cm³/mol. The fourth-order valence-corrected chi connectivity index (χ4v) is 5.90. The Kier molecular flexibility index (Phi) is 4.89. The molecule has 3 heteroatoms. The van der Waals surface area contributed by atoms with E-state index in [0.29, 0.717) is 5.56 Å². The van der Waals surface area contributed by atoms with E-state index in [1.54, 1.807) is 0 Å². The molecule has 8 rings (SSSR count). The van der Waals surface area contributed by atoms with E-state index in [9.17, 15) is 5.26 Å². The molecule has 3 nitrogen and oxygen atoms in total. The van der Waals surface area contributed by atoms with Crippen LogP contribution >= 0.6 is 0 Å². The van der Waals surface area contributed by atoms with Crippen LogP contribution in [-0.4, -0.2) is 0 Å². The molecule has 0 fully saturated rings. The Morgan fingerprint density at radius 1 is 0.425 bits per heavy atom. The number of hydrogen-bond donors (Lipinski definition) is 0. The predicted octanol–water partition coefficient (Wildman–Crippen LogP) is 10.4. The van der Waals surface area contributed by atoms with E-state index in [4.69, 9.17) is 8.83 Å². The van der Waals surface area contributed by atoms with Crippen molar-refractivity contribution in [2.24, 2.45) is 0 Å². The van der Waals surface area contributed by atoms with Gasteiger partial charge >= 0.3 is 0 Å². The summed E-state index contributed by atoms with van der Waals surface area (Å²) in [6.07, 6.45) is 0. The highest BCUT2D eigenvalue weighted by Crippen LogP contribution is 2.42. The van der Waals surface area contributed by atoms with Crippen LogP contribution < -0.4 is 0 Å². The highest BCUT2D eigenvalue weighted by atomic mass is 16.3. The van der Waals surface area contributed by atoms with E-state index in [1.165, 1.54) is 0 Å². The van der Waals surface area contributed by atoms with E-state index < -0.39 is 0 Å². The average molecular weight is 512 g/mol. The molecule has 0 atom stereocenters. The summed E-state index contributed by atoms with van der Waals surface area (Å²) >= 11 is 0. The number of para-hydroxylation sites is 2. The maximum absolute atomic E-state index is 10.5. The Balaban J connectivity index is 1.46.